The first kappa shape index (κ1) is 33.1. The highest BCUT2D eigenvalue weighted by molar-refractivity contribution is 6.74. The molecule has 2 aliphatic carbocycles. The summed E-state index contributed by atoms with van der Waals surface area (Å²) in [4.78, 5) is 0. The molecule has 234 valence electrons. The monoisotopic (exact) mass is 598 g/mol. The van der Waals surface area contributed by atoms with Crippen LogP contribution in [0.2, 0.25) is 36.3 Å². The van der Waals surface area contributed by atoms with E-state index in [1.54, 1.807) is 7.11 Å². The molecule has 0 aromatic rings. The van der Waals surface area contributed by atoms with E-state index in [-0.39, 0.29) is 45.6 Å². The van der Waals surface area contributed by atoms with E-state index in [4.69, 9.17) is 23.1 Å². The Kier molecular flexibility index (Phi) is 8.37. The maximum Gasteiger partial charge on any atom is 0.195 e. The Morgan fingerprint density at radius 1 is 0.825 bits per heavy atom. The fraction of sp³-hybridized carbons (Fsp3) is 1.00. The standard InChI is InChI=1S/C32H62O6Si2/c1-27(2,3)39(11,12)37-31-18-15-22-19-26(36-31)30(9)17-16-25(35-21-34-10)32(33,38-40(13,14)28(4,5)6)24(30)20-23(31)29(22,7)8/h22-26,33H,15-21H2,1-14H3/t22?,23?,24-,25-,26+,30+,31?,32-/m0/s1. The van der Waals surface area contributed by atoms with Crippen molar-refractivity contribution >= 4 is 16.6 Å². The summed E-state index contributed by atoms with van der Waals surface area (Å²) in [6.07, 6.45) is 5.09. The van der Waals surface area contributed by atoms with E-state index in [1.807, 2.05) is 0 Å². The molecular weight excluding hydrogens is 537 g/mol. The van der Waals surface area contributed by atoms with E-state index in [0.29, 0.717) is 5.92 Å². The summed E-state index contributed by atoms with van der Waals surface area (Å²) >= 11 is 0. The van der Waals surface area contributed by atoms with Gasteiger partial charge in [0.1, 0.15) is 12.9 Å². The highest BCUT2D eigenvalue weighted by atomic mass is 28.4. The predicted molar refractivity (Wildman–Crippen MR) is 166 cm³/mol. The average Bonchev–Trinajstić information content (AvgIpc) is 3.06. The van der Waals surface area contributed by atoms with Crippen molar-refractivity contribution < 1.29 is 28.2 Å². The van der Waals surface area contributed by atoms with Gasteiger partial charge in [-0.3, -0.25) is 0 Å². The lowest BCUT2D eigenvalue weighted by Crippen LogP contribution is -2.67. The van der Waals surface area contributed by atoms with Gasteiger partial charge in [-0.2, -0.15) is 0 Å². The number of fused-ring (bicyclic) bond motifs is 2. The number of hydrogen-bond donors (Lipinski definition) is 1. The van der Waals surface area contributed by atoms with Crippen molar-refractivity contribution in [2.45, 2.75) is 161 Å². The predicted octanol–water partition coefficient (Wildman–Crippen LogP) is 8.07. The second-order valence-corrected chi connectivity index (χ2v) is 27.1. The summed E-state index contributed by atoms with van der Waals surface area (Å²) in [5, 5.41) is 13.1. The topological polar surface area (TPSA) is 66.4 Å². The second-order valence-electron chi connectivity index (χ2n) is 17.6. The molecule has 0 aromatic heterocycles. The minimum absolute atomic E-state index is 0.000501. The van der Waals surface area contributed by atoms with Gasteiger partial charge in [0.05, 0.1) is 6.10 Å². The lowest BCUT2D eigenvalue weighted by molar-refractivity contribution is -0.318. The molecule has 3 aliphatic heterocycles. The molecule has 8 atom stereocenters. The Morgan fingerprint density at radius 2 is 1.40 bits per heavy atom. The minimum atomic E-state index is -2.38. The first-order chi connectivity index (χ1) is 18.0. The van der Waals surface area contributed by atoms with Crippen LogP contribution in [0.5, 0.6) is 0 Å². The van der Waals surface area contributed by atoms with Crippen LogP contribution in [0.25, 0.3) is 0 Å². The molecule has 5 aliphatic rings. The largest absolute Gasteiger partial charge is 0.390 e. The van der Waals surface area contributed by atoms with Gasteiger partial charge >= 0.3 is 0 Å². The van der Waals surface area contributed by atoms with Crippen LogP contribution < -0.4 is 0 Å². The Bertz CT molecular complexity index is 939. The zero-order valence-electron chi connectivity index (χ0n) is 28.3. The van der Waals surface area contributed by atoms with Crippen LogP contribution in [0.1, 0.15) is 101 Å². The van der Waals surface area contributed by atoms with E-state index in [2.05, 4.69) is 88.5 Å². The molecule has 8 heteroatoms. The lowest BCUT2D eigenvalue weighted by Gasteiger charge is -2.60. The van der Waals surface area contributed by atoms with E-state index in [9.17, 15) is 5.11 Å². The summed E-state index contributed by atoms with van der Waals surface area (Å²) in [6.45, 7) is 30.3. The Balaban J connectivity index is 1.87. The van der Waals surface area contributed by atoms with Crippen molar-refractivity contribution in [1.29, 1.82) is 0 Å². The van der Waals surface area contributed by atoms with E-state index >= 15 is 0 Å². The molecular formula is C32H62O6Si2. The van der Waals surface area contributed by atoms with Crippen molar-refractivity contribution in [1.82, 2.24) is 0 Å². The molecule has 5 rings (SSSR count). The third kappa shape index (κ3) is 5.16. The summed E-state index contributed by atoms with van der Waals surface area (Å²) in [5.41, 5.74) is -0.227. The number of methoxy groups -OCH3 is 1. The van der Waals surface area contributed by atoms with Crippen LogP contribution in [0.15, 0.2) is 0 Å². The van der Waals surface area contributed by atoms with Crippen molar-refractivity contribution in [2.75, 3.05) is 13.9 Å². The van der Waals surface area contributed by atoms with Crippen LogP contribution in [0.3, 0.4) is 0 Å². The number of ether oxygens (including phenoxy) is 3. The molecule has 3 unspecified atom stereocenters. The van der Waals surface area contributed by atoms with Gasteiger partial charge in [0.2, 0.25) is 0 Å². The Hall–Kier alpha value is 0.194. The molecule has 0 radical (unpaired) electrons. The van der Waals surface area contributed by atoms with Gasteiger partial charge in [0.15, 0.2) is 28.2 Å². The molecule has 5 fully saturated rings. The first-order valence-electron chi connectivity index (χ1n) is 15.9. The number of hydrogen-bond acceptors (Lipinski definition) is 6. The number of aliphatic hydroxyl groups is 1. The molecule has 6 nitrogen and oxygen atoms in total. The van der Waals surface area contributed by atoms with Crippen LogP contribution in [-0.2, 0) is 23.1 Å². The van der Waals surface area contributed by atoms with Gasteiger partial charge in [0.25, 0.3) is 0 Å². The summed E-state index contributed by atoms with van der Waals surface area (Å²) in [7, 11) is -2.89. The molecule has 40 heavy (non-hydrogen) atoms. The van der Waals surface area contributed by atoms with Gasteiger partial charge in [-0.1, -0.05) is 62.3 Å². The molecule has 1 N–H and O–H groups in total. The second kappa shape index (κ2) is 10.1. The highest BCUT2D eigenvalue weighted by Gasteiger charge is 2.71. The summed E-state index contributed by atoms with van der Waals surface area (Å²) < 4.78 is 33.7. The Labute approximate surface area is 247 Å². The fourth-order valence-corrected chi connectivity index (χ4v) is 11.0. The third-order valence-electron chi connectivity index (χ3n) is 12.9. The first-order valence-corrected chi connectivity index (χ1v) is 21.7. The van der Waals surface area contributed by atoms with Crippen molar-refractivity contribution in [3.63, 3.8) is 0 Å². The normalized spacial score (nSPS) is 41.9. The smallest absolute Gasteiger partial charge is 0.195 e. The van der Waals surface area contributed by atoms with E-state index < -0.39 is 34.3 Å². The fourth-order valence-electron chi connectivity index (χ4n) is 8.13. The molecule has 0 amide bonds. The van der Waals surface area contributed by atoms with Gasteiger partial charge in [-0.25, -0.2) is 0 Å². The van der Waals surface area contributed by atoms with Gasteiger partial charge in [-0.05, 0) is 79.7 Å². The third-order valence-corrected chi connectivity index (χ3v) is 21.8. The van der Waals surface area contributed by atoms with Crippen LogP contribution in [-0.4, -0.2) is 59.4 Å². The zero-order chi connectivity index (χ0) is 30.4. The maximum atomic E-state index is 13.0. The molecule has 3 heterocycles. The van der Waals surface area contributed by atoms with Gasteiger partial charge in [-0.15, -0.1) is 0 Å². The summed E-state index contributed by atoms with van der Waals surface area (Å²) in [5.74, 6) is -1.46. The quantitative estimate of drug-likeness (QED) is 0.236. The van der Waals surface area contributed by atoms with Crippen molar-refractivity contribution in [3.8, 4) is 0 Å². The molecule has 2 saturated carbocycles. The SMILES string of the molecule is COCO[C@H]1CC[C@@]2(C)[C@H]3CC4CCC(O[Si](C)(C)C(C)(C)C)(O3)C(C[C@@H]2[C@]1(O)O[Si](C)(C)C(C)(C)C)C4(C)C. The summed E-state index contributed by atoms with van der Waals surface area (Å²) in [6, 6.07) is 0. The molecule has 4 bridgehead atoms. The van der Waals surface area contributed by atoms with E-state index in [0.717, 1.165) is 38.5 Å². The van der Waals surface area contributed by atoms with Crippen LogP contribution in [0, 0.1) is 28.6 Å². The van der Waals surface area contributed by atoms with Crippen LogP contribution in [0.4, 0.5) is 0 Å². The minimum Gasteiger partial charge on any atom is -0.390 e. The Morgan fingerprint density at radius 3 is 1.95 bits per heavy atom. The average molecular weight is 599 g/mol. The van der Waals surface area contributed by atoms with Crippen molar-refractivity contribution in [2.24, 2.45) is 28.6 Å². The molecule has 3 saturated heterocycles. The van der Waals surface area contributed by atoms with Crippen molar-refractivity contribution in [3.05, 3.63) is 0 Å². The number of rotatable bonds is 7. The van der Waals surface area contributed by atoms with Gasteiger partial charge < -0.3 is 28.2 Å². The highest BCUT2D eigenvalue weighted by Crippen LogP contribution is 2.68. The van der Waals surface area contributed by atoms with Gasteiger partial charge in [0, 0.05) is 30.8 Å². The maximum absolute atomic E-state index is 13.0. The molecule has 0 spiro atoms. The zero-order valence-corrected chi connectivity index (χ0v) is 30.3. The molecule has 0 aromatic carbocycles. The van der Waals surface area contributed by atoms with Crippen LogP contribution >= 0.6 is 0 Å². The lowest BCUT2D eigenvalue weighted by atomic mass is 9.49. The van der Waals surface area contributed by atoms with E-state index in [1.165, 1.54) is 0 Å².